The van der Waals surface area contributed by atoms with Gasteiger partial charge in [0.2, 0.25) is 0 Å². The van der Waals surface area contributed by atoms with Gasteiger partial charge in [-0.2, -0.15) is 5.10 Å². The Kier molecular flexibility index (Phi) is 4.11. The van der Waals surface area contributed by atoms with Crippen molar-refractivity contribution < 1.29 is 9.90 Å². The smallest absolute Gasteiger partial charge is 0.341 e. The molecule has 0 fully saturated rings. The number of aromatic carboxylic acids is 1. The van der Waals surface area contributed by atoms with Crippen molar-refractivity contribution in [2.24, 2.45) is 0 Å². The predicted molar refractivity (Wildman–Crippen MR) is 95.5 cm³/mol. The molecule has 5 nitrogen and oxygen atoms in total. The summed E-state index contributed by atoms with van der Waals surface area (Å²) in [5.41, 5.74) is 3.19. The standard InChI is InChI=1S/C19H25N3O2/c1-12-7-5-6-8-14(10-9-12)15-11-19(3,4)22-17(20-15)16(18(23)24)13(2)21-22/h5,7-9,15,20H,6,10-11H2,1-4H3,(H,23,24)/b7-5?,12-9-,14-8+. The van der Waals surface area contributed by atoms with Crippen LogP contribution in [-0.4, -0.2) is 26.9 Å². The molecule has 3 rings (SSSR count). The largest absolute Gasteiger partial charge is 0.477 e. The Bertz CT molecular complexity index is 766. The van der Waals surface area contributed by atoms with Gasteiger partial charge in [0.15, 0.2) is 0 Å². The van der Waals surface area contributed by atoms with Crippen LogP contribution >= 0.6 is 0 Å². The first-order valence-corrected chi connectivity index (χ1v) is 8.42. The van der Waals surface area contributed by atoms with Crippen molar-refractivity contribution in [3.8, 4) is 0 Å². The fourth-order valence-corrected chi connectivity index (χ4v) is 3.57. The van der Waals surface area contributed by atoms with Gasteiger partial charge in [0, 0.05) is 0 Å². The topological polar surface area (TPSA) is 67.2 Å². The van der Waals surface area contributed by atoms with Crippen molar-refractivity contribution in [2.75, 3.05) is 5.32 Å². The lowest BCUT2D eigenvalue weighted by Gasteiger charge is -2.39. The summed E-state index contributed by atoms with van der Waals surface area (Å²) < 4.78 is 1.84. The third kappa shape index (κ3) is 2.90. The number of rotatable bonds is 2. The van der Waals surface area contributed by atoms with E-state index in [0.29, 0.717) is 11.5 Å². The molecule has 0 aromatic carbocycles. The number of allylic oxidation sites excluding steroid dienone is 5. The molecule has 0 saturated carbocycles. The second kappa shape index (κ2) is 5.96. The van der Waals surface area contributed by atoms with Crippen LogP contribution in [0.4, 0.5) is 5.82 Å². The highest BCUT2D eigenvalue weighted by Crippen LogP contribution is 2.38. The molecule has 2 N–H and O–H groups in total. The molecule has 0 bridgehead atoms. The van der Waals surface area contributed by atoms with Crippen molar-refractivity contribution >= 4 is 11.8 Å². The maximum atomic E-state index is 11.7. The van der Waals surface area contributed by atoms with Gasteiger partial charge >= 0.3 is 5.97 Å². The molecule has 1 atom stereocenters. The summed E-state index contributed by atoms with van der Waals surface area (Å²) in [5, 5.41) is 17.5. The van der Waals surface area contributed by atoms with Gasteiger partial charge in [0.05, 0.1) is 17.3 Å². The van der Waals surface area contributed by atoms with Crippen LogP contribution < -0.4 is 5.32 Å². The predicted octanol–water partition coefficient (Wildman–Crippen LogP) is 4.03. The van der Waals surface area contributed by atoms with Gasteiger partial charge in [-0.05, 0) is 52.5 Å². The minimum absolute atomic E-state index is 0.122. The van der Waals surface area contributed by atoms with Crippen LogP contribution in [0, 0.1) is 6.92 Å². The summed E-state index contributed by atoms with van der Waals surface area (Å²) in [6, 6.07) is 0.122. The monoisotopic (exact) mass is 327 g/mol. The molecular formula is C19H25N3O2. The van der Waals surface area contributed by atoms with Crippen LogP contribution in [0.5, 0.6) is 0 Å². The van der Waals surface area contributed by atoms with Crippen LogP contribution in [0.2, 0.25) is 0 Å². The highest BCUT2D eigenvalue weighted by Gasteiger charge is 2.38. The second-order valence-corrected chi connectivity index (χ2v) is 7.31. The van der Waals surface area contributed by atoms with E-state index in [2.05, 4.69) is 55.5 Å². The molecule has 2 aliphatic rings. The number of fused-ring (bicyclic) bond motifs is 1. The Labute approximate surface area is 142 Å². The van der Waals surface area contributed by atoms with E-state index in [-0.39, 0.29) is 17.1 Å². The van der Waals surface area contributed by atoms with Crippen LogP contribution in [-0.2, 0) is 5.54 Å². The molecule has 0 radical (unpaired) electrons. The highest BCUT2D eigenvalue weighted by atomic mass is 16.4. The van der Waals surface area contributed by atoms with Crippen molar-refractivity contribution in [3.05, 3.63) is 46.7 Å². The van der Waals surface area contributed by atoms with Gasteiger partial charge < -0.3 is 10.4 Å². The van der Waals surface area contributed by atoms with Crippen molar-refractivity contribution in [3.63, 3.8) is 0 Å². The van der Waals surface area contributed by atoms with E-state index < -0.39 is 5.97 Å². The number of carboxylic acids is 1. The maximum absolute atomic E-state index is 11.7. The van der Waals surface area contributed by atoms with E-state index in [4.69, 9.17) is 0 Å². The van der Waals surface area contributed by atoms with E-state index in [1.165, 1.54) is 11.1 Å². The zero-order chi connectivity index (χ0) is 17.5. The fraction of sp³-hybridized carbons (Fsp3) is 0.474. The second-order valence-electron chi connectivity index (χ2n) is 7.31. The Hall–Kier alpha value is -2.30. The number of carboxylic acid groups (broad SMARTS) is 1. The highest BCUT2D eigenvalue weighted by molar-refractivity contribution is 5.95. The van der Waals surface area contributed by atoms with Gasteiger partial charge in [0.1, 0.15) is 11.4 Å². The van der Waals surface area contributed by atoms with Crippen LogP contribution in [0.3, 0.4) is 0 Å². The number of anilines is 1. The van der Waals surface area contributed by atoms with E-state index in [1.54, 1.807) is 6.92 Å². The number of nitrogens with zero attached hydrogens (tertiary/aromatic N) is 2. The third-order valence-electron chi connectivity index (χ3n) is 4.87. The molecule has 1 aromatic heterocycles. The summed E-state index contributed by atoms with van der Waals surface area (Å²) in [6.07, 6.45) is 11.5. The first-order chi connectivity index (χ1) is 11.3. The average Bonchev–Trinajstić information content (AvgIpc) is 2.80. The first kappa shape index (κ1) is 16.6. The number of hydrogen-bond donors (Lipinski definition) is 2. The summed E-state index contributed by atoms with van der Waals surface area (Å²) in [7, 11) is 0. The Morgan fingerprint density at radius 1 is 1.38 bits per heavy atom. The van der Waals surface area contributed by atoms with E-state index in [1.807, 2.05) is 4.68 Å². The van der Waals surface area contributed by atoms with E-state index in [0.717, 1.165) is 19.3 Å². The normalized spacial score (nSPS) is 26.9. The number of aromatic nitrogens is 2. The van der Waals surface area contributed by atoms with Crippen LogP contribution in [0.15, 0.2) is 35.5 Å². The fourth-order valence-electron chi connectivity index (χ4n) is 3.57. The first-order valence-electron chi connectivity index (χ1n) is 8.42. The molecule has 128 valence electrons. The molecule has 1 unspecified atom stereocenters. The Morgan fingerprint density at radius 3 is 2.83 bits per heavy atom. The molecule has 24 heavy (non-hydrogen) atoms. The number of hydrogen-bond acceptors (Lipinski definition) is 3. The lowest BCUT2D eigenvalue weighted by Crippen LogP contribution is -2.42. The summed E-state index contributed by atoms with van der Waals surface area (Å²) in [6.45, 7) is 8.10. The SMILES string of the molecule is C/C1=C/C/C(C2CC(C)(C)n3nc(C)c(C(=O)O)c3N2)=C\CC=C1. The van der Waals surface area contributed by atoms with Crippen molar-refractivity contribution in [1.82, 2.24) is 9.78 Å². The van der Waals surface area contributed by atoms with Crippen LogP contribution in [0.1, 0.15) is 56.1 Å². The minimum Gasteiger partial charge on any atom is -0.477 e. The number of carbonyl (C=O) groups is 1. The van der Waals surface area contributed by atoms with Crippen LogP contribution in [0.25, 0.3) is 0 Å². The molecule has 0 saturated heterocycles. The zero-order valence-corrected chi connectivity index (χ0v) is 14.8. The van der Waals surface area contributed by atoms with E-state index in [9.17, 15) is 9.90 Å². The molecule has 1 aliphatic carbocycles. The van der Waals surface area contributed by atoms with Crippen molar-refractivity contribution in [1.29, 1.82) is 0 Å². The zero-order valence-electron chi connectivity index (χ0n) is 14.8. The molecule has 1 aliphatic heterocycles. The molecule has 0 spiro atoms. The number of aryl methyl sites for hydroxylation is 1. The molecule has 0 amide bonds. The molecule has 5 heteroatoms. The van der Waals surface area contributed by atoms with Crippen molar-refractivity contribution in [2.45, 2.75) is 58.5 Å². The molecular weight excluding hydrogens is 302 g/mol. The Morgan fingerprint density at radius 2 is 2.12 bits per heavy atom. The lowest BCUT2D eigenvalue weighted by atomic mass is 9.86. The van der Waals surface area contributed by atoms with Gasteiger partial charge in [-0.3, -0.25) is 0 Å². The third-order valence-corrected chi connectivity index (χ3v) is 4.87. The average molecular weight is 327 g/mol. The Balaban J connectivity index is 2.00. The maximum Gasteiger partial charge on any atom is 0.341 e. The number of nitrogens with one attached hydrogen (secondary N) is 1. The summed E-state index contributed by atoms with van der Waals surface area (Å²) >= 11 is 0. The summed E-state index contributed by atoms with van der Waals surface area (Å²) in [4.78, 5) is 11.7. The van der Waals surface area contributed by atoms with E-state index >= 15 is 0 Å². The van der Waals surface area contributed by atoms with Gasteiger partial charge in [-0.25, -0.2) is 9.48 Å². The molecule has 1 aromatic rings. The van der Waals surface area contributed by atoms with Gasteiger partial charge in [-0.1, -0.05) is 29.9 Å². The van der Waals surface area contributed by atoms with Gasteiger partial charge in [0.25, 0.3) is 0 Å². The minimum atomic E-state index is -0.928. The lowest BCUT2D eigenvalue weighted by molar-refractivity contribution is 0.0697. The quantitative estimate of drug-likeness (QED) is 0.805. The van der Waals surface area contributed by atoms with Gasteiger partial charge in [-0.15, -0.1) is 0 Å². The summed E-state index contributed by atoms with van der Waals surface area (Å²) in [5.74, 6) is -0.302. The molecule has 2 heterocycles.